The van der Waals surface area contributed by atoms with Gasteiger partial charge in [-0.3, -0.25) is 9.36 Å². The first-order chi connectivity index (χ1) is 14.1. The lowest BCUT2D eigenvalue weighted by molar-refractivity contribution is 0.0564. The maximum Gasteiger partial charge on any atom is 0.374 e. The van der Waals surface area contributed by atoms with Gasteiger partial charge in [0.2, 0.25) is 5.76 Å². The van der Waals surface area contributed by atoms with E-state index in [0.717, 1.165) is 10.2 Å². The normalized spacial score (nSPS) is 11.0. The second-order valence-corrected chi connectivity index (χ2v) is 7.95. The first-order valence-electron chi connectivity index (χ1n) is 8.63. The number of carbonyl (C=O) groups excluding carboxylic acids is 1. The Balaban J connectivity index is 1.81. The standard InChI is InChI=1S/C21H15BrN2O4S/c1-27-20(26)18-13(9-10-28-18)12-29-21-23-17-8-7-14(22)11-16(17)19(25)24(21)15-5-3-2-4-6-15/h2-11H,12H2,1H3. The number of aromatic nitrogens is 2. The molecule has 2 heterocycles. The number of nitrogens with zero attached hydrogens (tertiary/aromatic N) is 2. The third-order valence-corrected chi connectivity index (χ3v) is 5.77. The summed E-state index contributed by atoms with van der Waals surface area (Å²) >= 11 is 4.76. The van der Waals surface area contributed by atoms with E-state index in [1.54, 1.807) is 22.8 Å². The van der Waals surface area contributed by atoms with Crippen molar-refractivity contribution in [1.82, 2.24) is 9.55 Å². The lowest BCUT2D eigenvalue weighted by Gasteiger charge is -2.13. The van der Waals surface area contributed by atoms with Gasteiger partial charge in [0.25, 0.3) is 5.56 Å². The summed E-state index contributed by atoms with van der Waals surface area (Å²) in [6, 6.07) is 16.5. The molecule has 4 aromatic rings. The Hall–Kier alpha value is -2.84. The van der Waals surface area contributed by atoms with Crippen molar-refractivity contribution in [3.05, 3.63) is 87.0 Å². The molecular weight excluding hydrogens is 456 g/mol. The number of fused-ring (bicyclic) bond motifs is 1. The van der Waals surface area contributed by atoms with Gasteiger partial charge in [0.15, 0.2) is 5.16 Å². The van der Waals surface area contributed by atoms with Crippen LogP contribution in [0.15, 0.2) is 79.7 Å². The Bertz CT molecular complexity index is 1250. The molecule has 0 atom stereocenters. The van der Waals surface area contributed by atoms with Crippen LogP contribution in [0, 0.1) is 0 Å². The monoisotopic (exact) mass is 470 g/mol. The van der Waals surface area contributed by atoms with Crippen molar-refractivity contribution in [2.45, 2.75) is 10.9 Å². The van der Waals surface area contributed by atoms with Crippen LogP contribution in [-0.4, -0.2) is 22.6 Å². The minimum Gasteiger partial charge on any atom is -0.463 e. The fraction of sp³-hybridized carbons (Fsp3) is 0.0952. The first-order valence-corrected chi connectivity index (χ1v) is 10.4. The lowest BCUT2D eigenvalue weighted by Crippen LogP contribution is -2.21. The Kier molecular flexibility index (Phi) is 5.55. The van der Waals surface area contributed by atoms with Crippen LogP contribution in [0.4, 0.5) is 0 Å². The summed E-state index contributed by atoms with van der Waals surface area (Å²) in [4.78, 5) is 29.8. The summed E-state index contributed by atoms with van der Waals surface area (Å²) in [5.74, 6) is 0.00287. The molecule has 2 aromatic carbocycles. The van der Waals surface area contributed by atoms with Crippen LogP contribution < -0.4 is 5.56 Å². The summed E-state index contributed by atoms with van der Waals surface area (Å²) < 4.78 is 12.4. The van der Waals surface area contributed by atoms with Crippen LogP contribution in [0.25, 0.3) is 16.6 Å². The van der Waals surface area contributed by atoms with Crippen LogP contribution in [0.3, 0.4) is 0 Å². The highest BCUT2D eigenvalue weighted by atomic mass is 79.9. The molecule has 0 bridgehead atoms. The van der Waals surface area contributed by atoms with Crippen LogP contribution in [-0.2, 0) is 10.5 Å². The van der Waals surface area contributed by atoms with Gasteiger partial charge in [-0.25, -0.2) is 9.78 Å². The van der Waals surface area contributed by atoms with Gasteiger partial charge in [-0.05, 0) is 36.4 Å². The van der Waals surface area contributed by atoms with E-state index in [1.165, 1.54) is 25.1 Å². The van der Waals surface area contributed by atoms with Crippen molar-refractivity contribution < 1.29 is 13.9 Å². The number of esters is 1. The van der Waals surface area contributed by atoms with Gasteiger partial charge in [0, 0.05) is 15.8 Å². The van der Waals surface area contributed by atoms with Gasteiger partial charge in [-0.15, -0.1) is 0 Å². The van der Waals surface area contributed by atoms with Gasteiger partial charge < -0.3 is 9.15 Å². The van der Waals surface area contributed by atoms with Crippen molar-refractivity contribution >= 4 is 44.6 Å². The number of hydrogen-bond acceptors (Lipinski definition) is 6. The average Bonchev–Trinajstić information content (AvgIpc) is 3.21. The number of halogens is 1. The van der Waals surface area contributed by atoms with Crippen LogP contribution in [0.2, 0.25) is 0 Å². The predicted molar refractivity (Wildman–Crippen MR) is 115 cm³/mol. The summed E-state index contributed by atoms with van der Waals surface area (Å²) in [5.41, 5.74) is 1.83. The fourth-order valence-electron chi connectivity index (χ4n) is 2.90. The van der Waals surface area contributed by atoms with Crippen LogP contribution in [0.1, 0.15) is 16.1 Å². The van der Waals surface area contributed by atoms with Gasteiger partial charge in [-0.2, -0.15) is 0 Å². The number of furan rings is 1. The number of carbonyl (C=O) groups is 1. The smallest absolute Gasteiger partial charge is 0.374 e. The molecule has 0 saturated heterocycles. The minimum atomic E-state index is -0.539. The summed E-state index contributed by atoms with van der Waals surface area (Å²) in [6.45, 7) is 0. The molecule has 0 N–H and O–H groups in total. The second kappa shape index (κ2) is 8.26. The lowest BCUT2D eigenvalue weighted by atomic mass is 10.2. The van der Waals surface area contributed by atoms with Crippen LogP contribution in [0.5, 0.6) is 0 Å². The molecule has 8 heteroatoms. The quantitative estimate of drug-likeness (QED) is 0.236. The number of ether oxygens (including phenoxy) is 1. The molecule has 6 nitrogen and oxygen atoms in total. The third-order valence-electron chi connectivity index (χ3n) is 4.29. The Morgan fingerprint density at radius 2 is 2.00 bits per heavy atom. The topological polar surface area (TPSA) is 74.3 Å². The summed E-state index contributed by atoms with van der Waals surface area (Å²) in [5, 5.41) is 1.04. The van der Waals surface area contributed by atoms with E-state index in [2.05, 4.69) is 15.9 Å². The fourth-order valence-corrected chi connectivity index (χ4v) is 4.26. The molecule has 0 spiro atoms. The highest BCUT2D eigenvalue weighted by molar-refractivity contribution is 9.10. The Labute approximate surface area is 178 Å². The van der Waals surface area contributed by atoms with Gasteiger partial charge >= 0.3 is 5.97 Å². The SMILES string of the molecule is COC(=O)c1occc1CSc1nc2ccc(Br)cc2c(=O)n1-c1ccccc1. The number of methoxy groups -OCH3 is 1. The Morgan fingerprint density at radius 1 is 1.21 bits per heavy atom. The van der Waals surface area contributed by atoms with E-state index in [1.807, 2.05) is 36.4 Å². The van der Waals surface area contributed by atoms with E-state index in [9.17, 15) is 9.59 Å². The number of rotatable bonds is 5. The molecule has 4 rings (SSSR count). The zero-order valence-corrected chi connectivity index (χ0v) is 17.7. The molecule has 0 aliphatic heterocycles. The van der Waals surface area contributed by atoms with Crippen molar-refractivity contribution in [2.24, 2.45) is 0 Å². The van der Waals surface area contributed by atoms with E-state index >= 15 is 0 Å². The minimum absolute atomic E-state index is 0.151. The van der Waals surface area contributed by atoms with E-state index in [0.29, 0.717) is 27.4 Å². The molecule has 2 aromatic heterocycles. The molecule has 0 fully saturated rings. The predicted octanol–water partition coefficient (Wildman–Crippen LogP) is 4.82. The molecule has 0 radical (unpaired) electrons. The molecule has 0 unspecified atom stereocenters. The maximum atomic E-state index is 13.3. The molecular formula is C21H15BrN2O4S. The molecule has 0 amide bonds. The van der Waals surface area contributed by atoms with E-state index < -0.39 is 5.97 Å². The molecule has 146 valence electrons. The van der Waals surface area contributed by atoms with Crippen molar-refractivity contribution in [3.8, 4) is 5.69 Å². The first kappa shape index (κ1) is 19.5. The third kappa shape index (κ3) is 3.86. The van der Waals surface area contributed by atoms with E-state index in [-0.39, 0.29) is 11.3 Å². The highest BCUT2D eigenvalue weighted by Gasteiger charge is 2.18. The molecule has 0 saturated carbocycles. The van der Waals surface area contributed by atoms with Gasteiger partial charge in [0.1, 0.15) is 0 Å². The number of hydrogen-bond donors (Lipinski definition) is 0. The van der Waals surface area contributed by atoms with Crippen molar-refractivity contribution in [1.29, 1.82) is 0 Å². The number of thioether (sulfide) groups is 1. The maximum absolute atomic E-state index is 13.3. The number of para-hydroxylation sites is 1. The average molecular weight is 471 g/mol. The number of benzene rings is 2. The second-order valence-electron chi connectivity index (χ2n) is 6.09. The highest BCUT2D eigenvalue weighted by Crippen LogP contribution is 2.27. The van der Waals surface area contributed by atoms with Crippen LogP contribution >= 0.6 is 27.7 Å². The summed E-state index contributed by atoms with van der Waals surface area (Å²) in [7, 11) is 1.30. The van der Waals surface area contributed by atoms with Gasteiger partial charge in [0.05, 0.1) is 30.0 Å². The van der Waals surface area contributed by atoms with Crippen molar-refractivity contribution in [3.63, 3.8) is 0 Å². The largest absolute Gasteiger partial charge is 0.463 e. The van der Waals surface area contributed by atoms with Gasteiger partial charge in [-0.1, -0.05) is 45.9 Å². The molecule has 0 aliphatic carbocycles. The van der Waals surface area contributed by atoms with E-state index in [4.69, 9.17) is 14.1 Å². The molecule has 29 heavy (non-hydrogen) atoms. The molecule has 0 aliphatic rings. The zero-order valence-electron chi connectivity index (χ0n) is 15.3. The summed E-state index contributed by atoms with van der Waals surface area (Å²) in [6.07, 6.45) is 1.44. The van der Waals surface area contributed by atoms with Crippen molar-refractivity contribution in [2.75, 3.05) is 7.11 Å². The Morgan fingerprint density at radius 3 is 2.76 bits per heavy atom. The zero-order chi connectivity index (χ0) is 20.4.